The van der Waals surface area contributed by atoms with Crippen molar-refractivity contribution in [2.75, 3.05) is 0 Å². The molecule has 72 valence electrons. The number of carbonyl (C=O) groups is 1. The highest BCUT2D eigenvalue weighted by atomic mass is 31.0. The number of nitrogens with one attached hydrogen (secondary N) is 1. The van der Waals surface area contributed by atoms with E-state index < -0.39 is 0 Å². The molecule has 1 N–H and O–H groups in total. The first-order valence-corrected chi connectivity index (χ1v) is 4.78. The molecule has 0 aliphatic rings. The summed E-state index contributed by atoms with van der Waals surface area (Å²) in [7, 11) is 2.14. The van der Waals surface area contributed by atoms with Crippen LogP contribution >= 0.6 is 9.24 Å². The zero-order chi connectivity index (χ0) is 9.99. The fourth-order valence-electron chi connectivity index (χ4n) is 1.70. The molecule has 0 saturated heterocycles. The van der Waals surface area contributed by atoms with Crippen LogP contribution in [0, 0.1) is 5.41 Å². The Balaban J connectivity index is 4.13. The first kappa shape index (κ1) is 11.9. The van der Waals surface area contributed by atoms with E-state index in [1.54, 1.807) is 0 Å². The molecule has 0 heterocycles. The van der Waals surface area contributed by atoms with Gasteiger partial charge in [-0.3, -0.25) is 4.79 Å². The highest BCUT2D eigenvalue weighted by molar-refractivity contribution is 7.39. The van der Waals surface area contributed by atoms with Gasteiger partial charge in [-0.25, -0.2) is 0 Å². The largest absolute Gasteiger partial charge is 0.348 e. The van der Waals surface area contributed by atoms with Crippen molar-refractivity contribution in [1.82, 2.24) is 5.32 Å². The van der Waals surface area contributed by atoms with Crippen molar-refractivity contribution in [3.8, 4) is 0 Å². The van der Waals surface area contributed by atoms with Crippen LogP contribution < -0.4 is 5.32 Å². The zero-order valence-electron chi connectivity index (χ0n) is 8.69. The Morgan fingerprint density at radius 3 is 1.92 bits per heavy atom. The first-order valence-electron chi connectivity index (χ1n) is 4.20. The highest BCUT2D eigenvalue weighted by Gasteiger charge is 2.25. The molecule has 1 unspecified atom stereocenters. The Hall–Kier alpha value is -0.100. The van der Waals surface area contributed by atoms with E-state index in [1.807, 2.05) is 13.8 Å². The molecule has 0 aromatic rings. The second kappa shape index (κ2) is 3.74. The van der Waals surface area contributed by atoms with Crippen molar-refractivity contribution in [3.63, 3.8) is 0 Å². The summed E-state index contributed by atoms with van der Waals surface area (Å²) in [6.45, 7) is 10.6. The van der Waals surface area contributed by atoms with E-state index in [2.05, 4.69) is 35.3 Å². The summed E-state index contributed by atoms with van der Waals surface area (Å²) >= 11 is 0. The fourth-order valence-corrected chi connectivity index (χ4v) is 2.09. The lowest BCUT2D eigenvalue weighted by Gasteiger charge is -2.32. The van der Waals surface area contributed by atoms with Gasteiger partial charge in [0.25, 0.3) is 0 Å². The van der Waals surface area contributed by atoms with Crippen LogP contribution in [0.4, 0.5) is 4.79 Å². The fraction of sp³-hybridized carbons (Fsp3) is 0.889. The van der Waals surface area contributed by atoms with E-state index in [0.29, 0.717) is 0 Å². The number of rotatable bonds is 2. The third-order valence-electron chi connectivity index (χ3n) is 1.43. The van der Waals surface area contributed by atoms with Crippen LogP contribution in [0.2, 0.25) is 0 Å². The number of carbonyl (C=O) groups excluding carboxylic acids is 1. The molecular formula is C9H20NOP. The molecule has 0 saturated carbocycles. The normalized spacial score (nSPS) is 12.8. The molecule has 0 aliphatic carbocycles. The topological polar surface area (TPSA) is 29.1 Å². The standard InChI is InChI=1S/C9H20NOP/c1-8(2,3)6-9(4,5)10-7(11)12/h6,12H2,1-5H3,(H,10,11). The average molecular weight is 189 g/mol. The Labute approximate surface area is 77.7 Å². The van der Waals surface area contributed by atoms with Crippen LogP contribution in [-0.4, -0.2) is 11.2 Å². The van der Waals surface area contributed by atoms with Crippen molar-refractivity contribution in [2.24, 2.45) is 5.41 Å². The smallest absolute Gasteiger partial charge is 0.235 e. The first-order chi connectivity index (χ1) is 5.12. The molecule has 0 bridgehead atoms. The molecular weight excluding hydrogens is 169 g/mol. The van der Waals surface area contributed by atoms with Gasteiger partial charge in [0, 0.05) is 5.54 Å². The molecule has 2 nitrogen and oxygen atoms in total. The molecule has 0 radical (unpaired) electrons. The number of hydrogen-bond donors (Lipinski definition) is 1. The summed E-state index contributed by atoms with van der Waals surface area (Å²) < 4.78 is 0. The van der Waals surface area contributed by atoms with E-state index >= 15 is 0 Å². The molecule has 0 aliphatic heterocycles. The number of amides is 1. The van der Waals surface area contributed by atoms with E-state index in [4.69, 9.17) is 0 Å². The van der Waals surface area contributed by atoms with Crippen LogP contribution in [0.25, 0.3) is 0 Å². The predicted octanol–water partition coefficient (Wildman–Crippen LogP) is 2.79. The van der Waals surface area contributed by atoms with Crippen LogP contribution in [0.3, 0.4) is 0 Å². The Morgan fingerprint density at radius 2 is 1.67 bits per heavy atom. The Bertz CT molecular complexity index is 170. The minimum atomic E-state index is -0.114. The van der Waals surface area contributed by atoms with Gasteiger partial charge in [0.1, 0.15) is 0 Å². The van der Waals surface area contributed by atoms with Crippen LogP contribution in [0.15, 0.2) is 0 Å². The quantitative estimate of drug-likeness (QED) is 0.665. The van der Waals surface area contributed by atoms with E-state index in [1.165, 1.54) is 0 Å². The van der Waals surface area contributed by atoms with Crippen molar-refractivity contribution in [2.45, 2.75) is 46.6 Å². The third kappa shape index (κ3) is 6.60. The average Bonchev–Trinajstić information content (AvgIpc) is 1.48. The minimum Gasteiger partial charge on any atom is -0.348 e. The van der Waals surface area contributed by atoms with Gasteiger partial charge in [-0.1, -0.05) is 20.8 Å². The Kier molecular flexibility index (Phi) is 3.71. The van der Waals surface area contributed by atoms with E-state index in [0.717, 1.165) is 6.42 Å². The van der Waals surface area contributed by atoms with Crippen molar-refractivity contribution < 1.29 is 4.79 Å². The van der Waals surface area contributed by atoms with Gasteiger partial charge >= 0.3 is 0 Å². The van der Waals surface area contributed by atoms with Gasteiger partial charge in [-0.15, -0.1) is 0 Å². The molecule has 1 amide bonds. The SMILES string of the molecule is CC(C)(C)CC(C)(C)NC(=O)P. The van der Waals surface area contributed by atoms with Crippen molar-refractivity contribution in [3.05, 3.63) is 0 Å². The van der Waals surface area contributed by atoms with Gasteiger partial charge in [0.2, 0.25) is 5.65 Å². The summed E-state index contributed by atoms with van der Waals surface area (Å²) in [4.78, 5) is 10.8. The minimum absolute atomic E-state index is 0.0377. The molecule has 0 aromatic carbocycles. The van der Waals surface area contributed by atoms with Gasteiger partial charge < -0.3 is 5.32 Å². The molecule has 0 rings (SSSR count). The maximum absolute atomic E-state index is 10.8. The van der Waals surface area contributed by atoms with Crippen molar-refractivity contribution >= 4 is 14.9 Å². The van der Waals surface area contributed by atoms with Gasteiger partial charge in [0.15, 0.2) is 0 Å². The molecule has 12 heavy (non-hydrogen) atoms. The van der Waals surface area contributed by atoms with Gasteiger partial charge in [-0.05, 0) is 34.9 Å². The predicted molar refractivity (Wildman–Crippen MR) is 56.4 cm³/mol. The van der Waals surface area contributed by atoms with Crippen molar-refractivity contribution in [1.29, 1.82) is 0 Å². The second-order valence-corrected chi connectivity index (χ2v) is 5.63. The van der Waals surface area contributed by atoms with Crippen LogP contribution in [-0.2, 0) is 0 Å². The van der Waals surface area contributed by atoms with E-state index in [-0.39, 0.29) is 16.6 Å². The van der Waals surface area contributed by atoms with E-state index in [9.17, 15) is 4.79 Å². The second-order valence-electron chi connectivity index (χ2n) is 5.11. The lowest BCUT2D eigenvalue weighted by atomic mass is 9.82. The maximum Gasteiger partial charge on any atom is 0.235 e. The molecule has 0 aromatic heterocycles. The molecule has 3 heteroatoms. The lowest BCUT2D eigenvalue weighted by molar-refractivity contribution is 0.227. The Morgan fingerprint density at radius 1 is 1.25 bits per heavy atom. The maximum atomic E-state index is 10.8. The third-order valence-corrected chi connectivity index (χ3v) is 1.58. The zero-order valence-corrected chi connectivity index (χ0v) is 9.85. The molecule has 0 spiro atoms. The lowest BCUT2D eigenvalue weighted by Crippen LogP contribution is -2.43. The highest BCUT2D eigenvalue weighted by Crippen LogP contribution is 2.26. The van der Waals surface area contributed by atoms with Gasteiger partial charge in [0.05, 0.1) is 0 Å². The summed E-state index contributed by atoms with van der Waals surface area (Å²) in [6.07, 6.45) is 0.972. The summed E-state index contributed by atoms with van der Waals surface area (Å²) in [5, 5.41) is 2.90. The molecule has 1 atom stereocenters. The van der Waals surface area contributed by atoms with Crippen LogP contribution in [0.1, 0.15) is 41.0 Å². The van der Waals surface area contributed by atoms with Gasteiger partial charge in [-0.2, -0.15) is 0 Å². The number of hydrogen-bond acceptors (Lipinski definition) is 1. The monoisotopic (exact) mass is 189 g/mol. The summed E-state index contributed by atoms with van der Waals surface area (Å²) in [6, 6.07) is 0. The summed E-state index contributed by atoms with van der Waals surface area (Å²) in [5.74, 6) is 0. The molecule has 0 fully saturated rings. The van der Waals surface area contributed by atoms with Crippen LogP contribution in [0.5, 0.6) is 0 Å². The summed E-state index contributed by atoms with van der Waals surface area (Å²) in [5.41, 5.74) is 0.0949.